The van der Waals surface area contributed by atoms with Gasteiger partial charge in [0.2, 0.25) is 0 Å². The lowest BCUT2D eigenvalue weighted by Crippen LogP contribution is -2.10. The Kier molecular flexibility index (Phi) is 3.84. The van der Waals surface area contributed by atoms with Crippen molar-refractivity contribution in [1.29, 1.82) is 0 Å². The molecule has 0 fully saturated rings. The normalized spacial score (nSPS) is 18.6. The highest BCUT2D eigenvalue weighted by Gasteiger charge is 2.30. The van der Waals surface area contributed by atoms with Crippen LogP contribution in [0.5, 0.6) is 5.75 Å². The largest absolute Gasteiger partial charge is 0.435 e. The molecule has 1 aromatic heterocycles. The average Bonchev–Trinajstić information content (AvgIpc) is 2.90. The standard InChI is InChI=1S/C16H15F2NO2/c17-16(18)21-12-5-1-3-11(9-12)15(20)13-7-6-10-4-2-8-19-14(10)13/h1-5,8-9,13,15-16,20H,6-7H2. The van der Waals surface area contributed by atoms with Gasteiger partial charge in [0.05, 0.1) is 6.10 Å². The molecular weight excluding hydrogens is 276 g/mol. The van der Waals surface area contributed by atoms with Gasteiger partial charge in [0, 0.05) is 17.8 Å². The molecule has 3 nitrogen and oxygen atoms in total. The minimum atomic E-state index is -2.87. The number of nitrogens with zero attached hydrogens (tertiary/aromatic N) is 1. The van der Waals surface area contributed by atoms with Gasteiger partial charge in [-0.1, -0.05) is 18.2 Å². The van der Waals surface area contributed by atoms with Crippen molar-refractivity contribution in [2.45, 2.75) is 31.5 Å². The van der Waals surface area contributed by atoms with E-state index < -0.39 is 12.7 Å². The summed E-state index contributed by atoms with van der Waals surface area (Å²) in [6, 6.07) is 10.1. The minimum Gasteiger partial charge on any atom is -0.435 e. The smallest absolute Gasteiger partial charge is 0.387 e. The second-order valence-electron chi connectivity index (χ2n) is 5.09. The Labute approximate surface area is 121 Å². The van der Waals surface area contributed by atoms with Crippen molar-refractivity contribution in [1.82, 2.24) is 4.98 Å². The van der Waals surface area contributed by atoms with Gasteiger partial charge in [0.1, 0.15) is 5.75 Å². The summed E-state index contributed by atoms with van der Waals surface area (Å²) in [6.07, 6.45) is 2.61. The number of fused-ring (bicyclic) bond motifs is 1. The van der Waals surface area contributed by atoms with Gasteiger partial charge in [-0.3, -0.25) is 4.98 Å². The maximum absolute atomic E-state index is 12.3. The van der Waals surface area contributed by atoms with Crippen LogP contribution in [-0.4, -0.2) is 16.7 Å². The fourth-order valence-corrected chi connectivity index (χ4v) is 2.86. The predicted molar refractivity (Wildman–Crippen MR) is 73.3 cm³/mol. The molecule has 21 heavy (non-hydrogen) atoms. The number of aliphatic hydroxyl groups excluding tert-OH is 1. The van der Waals surface area contributed by atoms with E-state index in [1.54, 1.807) is 18.3 Å². The van der Waals surface area contributed by atoms with Crippen molar-refractivity contribution in [3.63, 3.8) is 0 Å². The molecule has 0 saturated heterocycles. The van der Waals surface area contributed by atoms with Crippen LogP contribution in [0.1, 0.15) is 35.3 Å². The van der Waals surface area contributed by atoms with E-state index in [9.17, 15) is 13.9 Å². The quantitative estimate of drug-likeness (QED) is 0.938. The molecule has 1 aliphatic rings. The van der Waals surface area contributed by atoms with E-state index in [0.717, 1.165) is 24.1 Å². The monoisotopic (exact) mass is 291 g/mol. The van der Waals surface area contributed by atoms with Crippen LogP contribution >= 0.6 is 0 Å². The van der Waals surface area contributed by atoms with E-state index in [-0.39, 0.29) is 11.7 Å². The van der Waals surface area contributed by atoms with E-state index in [0.29, 0.717) is 5.56 Å². The molecule has 1 aromatic carbocycles. The van der Waals surface area contributed by atoms with Crippen LogP contribution in [0.4, 0.5) is 8.78 Å². The van der Waals surface area contributed by atoms with Gasteiger partial charge >= 0.3 is 6.61 Å². The molecule has 2 aromatic rings. The van der Waals surface area contributed by atoms with Crippen LogP contribution < -0.4 is 4.74 Å². The number of ether oxygens (including phenoxy) is 1. The summed E-state index contributed by atoms with van der Waals surface area (Å²) in [5, 5.41) is 10.5. The zero-order valence-electron chi connectivity index (χ0n) is 11.2. The van der Waals surface area contributed by atoms with Crippen molar-refractivity contribution < 1.29 is 18.6 Å². The molecule has 1 N–H and O–H groups in total. The number of pyridine rings is 1. The number of aliphatic hydroxyl groups is 1. The molecule has 3 rings (SSSR count). The Balaban J connectivity index is 1.84. The first-order valence-corrected chi connectivity index (χ1v) is 6.82. The molecule has 5 heteroatoms. The molecule has 0 saturated carbocycles. The van der Waals surface area contributed by atoms with Crippen molar-refractivity contribution in [2.24, 2.45) is 0 Å². The maximum Gasteiger partial charge on any atom is 0.387 e. The third kappa shape index (κ3) is 2.88. The zero-order chi connectivity index (χ0) is 14.8. The van der Waals surface area contributed by atoms with E-state index in [1.165, 1.54) is 12.1 Å². The van der Waals surface area contributed by atoms with Crippen molar-refractivity contribution in [3.05, 3.63) is 59.4 Å². The summed E-state index contributed by atoms with van der Waals surface area (Å²) in [7, 11) is 0. The molecule has 0 aliphatic heterocycles. The lowest BCUT2D eigenvalue weighted by atomic mass is 9.93. The summed E-state index contributed by atoms with van der Waals surface area (Å²) in [5.41, 5.74) is 2.60. The van der Waals surface area contributed by atoms with Crippen molar-refractivity contribution in [3.8, 4) is 5.75 Å². The van der Waals surface area contributed by atoms with Crippen LogP contribution in [0.25, 0.3) is 0 Å². The van der Waals surface area contributed by atoms with Gasteiger partial charge in [0.25, 0.3) is 0 Å². The van der Waals surface area contributed by atoms with Gasteiger partial charge in [0.15, 0.2) is 0 Å². The molecule has 0 amide bonds. The van der Waals surface area contributed by atoms with E-state index in [2.05, 4.69) is 9.72 Å². The molecule has 0 radical (unpaired) electrons. The lowest BCUT2D eigenvalue weighted by Gasteiger charge is -2.19. The van der Waals surface area contributed by atoms with E-state index in [4.69, 9.17) is 0 Å². The summed E-state index contributed by atoms with van der Waals surface area (Å²) in [5.74, 6) is -0.0520. The van der Waals surface area contributed by atoms with E-state index >= 15 is 0 Å². The minimum absolute atomic E-state index is 0.0563. The van der Waals surface area contributed by atoms with Crippen LogP contribution in [-0.2, 0) is 6.42 Å². The number of halogens is 2. The topological polar surface area (TPSA) is 42.4 Å². The summed E-state index contributed by atoms with van der Waals surface area (Å²) in [6.45, 7) is -2.87. The Morgan fingerprint density at radius 2 is 2.10 bits per heavy atom. The number of rotatable bonds is 4. The average molecular weight is 291 g/mol. The molecule has 1 heterocycles. The Bertz CT molecular complexity index is 633. The van der Waals surface area contributed by atoms with Crippen LogP contribution in [0, 0.1) is 0 Å². The summed E-state index contributed by atoms with van der Waals surface area (Å²) >= 11 is 0. The first-order valence-electron chi connectivity index (χ1n) is 6.82. The number of aromatic nitrogens is 1. The third-order valence-electron chi connectivity index (χ3n) is 3.81. The zero-order valence-corrected chi connectivity index (χ0v) is 11.2. The Morgan fingerprint density at radius 3 is 2.90 bits per heavy atom. The van der Waals surface area contributed by atoms with Gasteiger partial charge in [-0.05, 0) is 42.2 Å². The molecular formula is C16H15F2NO2. The van der Waals surface area contributed by atoms with Gasteiger partial charge in [-0.25, -0.2) is 0 Å². The third-order valence-corrected chi connectivity index (χ3v) is 3.81. The molecule has 2 atom stereocenters. The maximum atomic E-state index is 12.3. The molecule has 2 unspecified atom stereocenters. The van der Waals surface area contributed by atoms with Crippen LogP contribution in [0.3, 0.4) is 0 Å². The number of hydrogen-bond donors (Lipinski definition) is 1. The van der Waals surface area contributed by atoms with Crippen LogP contribution in [0.15, 0.2) is 42.6 Å². The highest BCUT2D eigenvalue weighted by Crippen LogP contribution is 2.40. The number of benzene rings is 1. The van der Waals surface area contributed by atoms with Crippen molar-refractivity contribution in [2.75, 3.05) is 0 Å². The summed E-state index contributed by atoms with van der Waals surface area (Å²) in [4.78, 5) is 4.35. The van der Waals surface area contributed by atoms with Gasteiger partial charge in [-0.15, -0.1) is 0 Å². The summed E-state index contributed by atoms with van der Waals surface area (Å²) < 4.78 is 28.9. The number of alkyl halides is 2. The Morgan fingerprint density at radius 1 is 1.24 bits per heavy atom. The Hall–Kier alpha value is -2.01. The fraction of sp³-hybridized carbons (Fsp3) is 0.312. The van der Waals surface area contributed by atoms with Gasteiger partial charge < -0.3 is 9.84 Å². The highest BCUT2D eigenvalue weighted by molar-refractivity contribution is 5.35. The number of aryl methyl sites for hydroxylation is 1. The predicted octanol–water partition coefficient (Wildman–Crippen LogP) is 3.45. The van der Waals surface area contributed by atoms with Crippen LogP contribution in [0.2, 0.25) is 0 Å². The van der Waals surface area contributed by atoms with Crippen molar-refractivity contribution >= 4 is 0 Å². The molecule has 110 valence electrons. The van der Waals surface area contributed by atoms with Gasteiger partial charge in [-0.2, -0.15) is 8.78 Å². The highest BCUT2D eigenvalue weighted by atomic mass is 19.3. The number of hydrogen-bond acceptors (Lipinski definition) is 3. The second-order valence-corrected chi connectivity index (χ2v) is 5.09. The first-order chi connectivity index (χ1) is 10.1. The second kappa shape index (κ2) is 5.77. The molecule has 0 spiro atoms. The SMILES string of the molecule is OC(c1cccc(OC(F)F)c1)C1CCc2cccnc21. The first kappa shape index (κ1) is 13.9. The van der Waals surface area contributed by atoms with E-state index in [1.807, 2.05) is 12.1 Å². The molecule has 1 aliphatic carbocycles. The fourth-order valence-electron chi connectivity index (χ4n) is 2.86. The lowest BCUT2D eigenvalue weighted by molar-refractivity contribution is -0.0500. The molecule has 0 bridgehead atoms.